The van der Waals surface area contributed by atoms with Gasteiger partial charge in [0.15, 0.2) is 0 Å². The lowest BCUT2D eigenvalue weighted by molar-refractivity contribution is 0.101. The number of nitrogens with zero attached hydrogens (tertiary/aromatic N) is 2. The maximum absolute atomic E-state index is 6.19. The van der Waals surface area contributed by atoms with E-state index in [2.05, 4.69) is 28.5 Å². The molecule has 0 amide bonds. The molecule has 3 rings (SSSR count). The van der Waals surface area contributed by atoms with Crippen molar-refractivity contribution in [2.75, 3.05) is 38.5 Å². The van der Waals surface area contributed by atoms with E-state index in [0.717, 1.165) is 17.8 Å². The molecule has 18 heavy (non-hydrogen) atoms. The fourth-order valence-electron chi connectivity index (χ4n) is 3.59. The minimum atomic E-state index is 0.303. The first-order valence-electron chi connectivity index (χ1n) is 7.58. The van der Waals surface area contributed by atoms with E-state index in [4.69, 9.17) is 5.73 Å². The van der Waals surface area contributed by atoms with Crippen molar-refractivity contribution in [3.63, 3.8) is 0 Å². The average Bonchev–Trinajstić information content (AvgIpc) is 3.19. The third-order valence-electron chi connectivity index (χ3n) is 5.07. The van der Waals surface area contributed by atoms with Gasteiger partial charge < -0.3 is 5.73 Å². The number of rotatable bonds is 4. The van der Waals surface area contributed by atoms with Gasteiger partial charge in [0.1, 0.15) is 0 Å². The van der Waals surface area contributed by atoms with Crippen LogP contribution in [0.3, 0.4) is 0 Å². The van der Waals surface area contributed by atoms with Crippen molar-refractivity contribution >= 4 is 11.8 Å². The monoisotopic (exact) mass is 269 g/mol. The van der Waals surface area contributed by atoms with E-state index < -0.39 is 0 Å². The fourth-order valence-corrected chi connectivity index (χ4v) is 4.77. The van der Waals surface area contributed by atoms with Crippen molar-refractivity contribution in [1.82, 2.24) is 9.80 Å². The van der Waals surface area contributed by atoms with Gasteiger partial charge in [-0.1, -0.05) is 6.92 Å². The standard InChI is InChI=1S/C14H27N3S/c1-2-13-9-17(7-8-18-13)14(10-15)5-6-16(11-14)12-3-4-12/h12-13H,2-11,15H2,1H3. The van der Waals surface area contributed by atoms with Gasteiger partial charge in [-0.15, -0.1) is 0 Å². The molecule has 0 radical (unpaired) electrons. The smallest absolute Gasteiger partial charge is 0.0471 e. The highest BCUT2D eigenvalue weighted by Crippen LogP contribution is 2.37. The van der Waals surface area contributed by atoms with Crippen LogP contribution in [0.5, 0.6) is 0 Å². The lowest BCUT2D eigenvalue weighted by Gasteiger charge is -2.45. The molecule has 2 heterocycles. The van der Waals surface area contributed by atoms with Crippen molar-refractivity contribution in [1.29, 1.82) is 0 Å². The summed E-state index contributed by atoms with van der Waals surface area (Å²) >= 11 is 2.16. The Morgan fingerprint density at radius 1 is 1.33 bits per heavy atom. The second kappa shape index (κ2) is 5.31. The minimum Gasteiger partial charge on any atom is -0.329 e. The zero-order valence-electron chi connectivity index (χ0n) is 11.6. The molecule has 2 atom stereocenters. The summed E-state index contributed by atoms with van der Waals surface area (Å²) in [5.41, 5.74) is 6.50. The minimum absolute atomic E-state index is 0.303. The molecule has 0 aromatic rings. The summed E-state index contributed by atoms with van der Waals surface area (Å²) in [4.78, 5) is 5.44. The van der Waals surface area contributed by atoms with Gasteiger partial charge in [0, 0.05) is 55.3 Å². The van der Waals surface area contributed by atoms with Crippen LogP contribution in [0.1, 0.15) is 32.6 Å². The molecule has 1 saturated carbocycles. The summed E-state index contributed by atoms with van der Waals surface area (Å²) in [7, 11) is 0. The Bertz CT molecular complexity index is 295. The van der Waals surface area contributed by atoms with Crippen LogP contribution >= 0.6 is 11.8 Å². The molecule has 0 bridgehead atoms. The largest absolute Gasteiger partial charge is 0.329 e. The molecule has 0 aromatic heterocycles. The second-order valence-corrected chi connectivity index (χ2v) is 7.64. The molecule has 2 N–H and O–H groups in total. The number of likely N-dealkylation sites (tertiary alicyclic amines) is 1. The highest BCUT2D eigenvalue weighted by Gasteiger charge is 2.46. The van der Waals surface area contributed by atoms with Gasteiger partial charge in [0.2, 0.25) is 0 Å². The Morgan fingerprint density at radius 2 is 2.17 bits per heavy atom. The molecule has 4 heteroatoms. The van der Waals surface area contributed by atoms with Crippen molar-refractivity contribution in [3.05, 3.63) is 0 Å². The van der Waals surface area contributed by atoms with Gasteiger partial charge in [0.25, 0.3) is 0 Å². The van der Waals surface area contributed by atoms with E-state index in [1.807, 2.05) is 0 Å². The van der Waals surface area contributed by atoms with Crippen molar-refractivity contribution < 1.29 is 0 Å². The highest BCUT2D eigenvalue weighted by molar-refractivity contribution is 8.00. The first-order chi connectivity index (χ1) is 8.77. The van der Waals surface area contributed by atoms with Crippen LogP contribution in [0.15, 0.2) is 0 Å². The van der Waals surface area contributed by atoms with Gasteiger partial charge in [-0.2, -0.15) is 11.8 Å². The maximum atomic E-state index is 6.19. The van der Waals surface area contributed by atoms with Gasteiger partial charge in [-0.05, 0) is 25.7 Å². The summed E-state index contributed by atoms with van der Waals surface area (Å²) in [6.07, 6.45) is 5.44. The molecule has 2 saturated heterocycles. The van der Waals surface area contributed by atoms with E-state index in [-0.39, 0.29) is 0 Å². The Hall–Kier alpha value is 0.230. The highest BCUT2D eigenvalue weighted by atomic mass is 32.2. The molecular formula is C14H27N3S. The predicted octanol–water partition coefficient (Wildman–Crippen LogP) is 1.38. The summed E-state index contributed by atoms with van der Waals surface area (Å²) in [6.45, 7) is 8.18. The summed E-state index contributed by atoms with van der Waals surface area (Å²) < 4.78 is 0. The van der Waals surface area contributed by atoms with Crippen LogP contribution < -0.4 is 5.73 Å². The molecule has 3 nitrogen and oxygen atoms in total. The van der Waals surface area contributed by atoms with E-state index >= 15 is 0 Å². The predicted molar refractivity (Wildman–Crippen MR) is 79.1 cm³/mol. The number of hydrogen-bond donors (Lipinski definition) is 1. The van der Waals surface area contributed by atoms with Crippen LogP contribution in [0.25, 0.3) is 0 Å². The Kier molecular flexibility index (Phi) is 3.90. The average molecular weight is 269 g/mol. The van der Waals surface area contributed by atoms with Gasteiger partial charge in [0.05, 0.1) is 0 Å². The number of hydrogen-bond acceptors (Lipinski definition) is 4. The Labute approximate surface area is 115 Å². The zero-order valence-corrected chi connectivity index (χ0v) is 12.4. The lowest BCUT2D eigenvalue weighted by Crippen LogP contribution is -2.59. The van der Waals surface area contributed by atoms with Crippen molar-refractivity contribution in [2.45, 2.75) is 49.4 Å². The first kappa shape index (κ1) is 13.2. The Balaban J connectivity index is 1.67. The van der Waals surface area contributed by atoms with Crippen LogP contribution in [0.2, 0.25) is 0 Å². The van der Waals surface area contributed by atoms with Crippen LogP contribution in [0, 0.1) is 0 Å². The Morgan fingerprint density at radius 3 is 2.83 bits per heavy atom. The normalized spacial score (nSPS) is 39.3. The number of nitrogens with two attached hydrogens (primary N) is 1. The van der Waals surface area contributed by atoms with Gasteiger partial charge in [-0.25, -0.2) is 0 Å². The quantitative estimate of drug-likeness (QED) is 0.836. The molecule has 1 aliphatic carbocycles. The zero-order chi connectivity index (χ0) is 12.6. The maximum Gasteiger partial charge on any atom is 0.0471 e. The summed E-state index contributed by atoms with van der Waals surface area (Å²) in [5.74, 6) is 1.30. The lowest BCUT2D eigenvalue weighted by atomic mass is 9.95. The molecule has 3 aliphatic rings. The molecule has 2 unspecified atom stereocenters. The topological polar surface area (TPSA) is 32.5 Å². The second-order valence-electron chi connectivity index (χ2n) is 6.23. The summed E-state index contributed by atoms with van der Waals surface area (Å²) in [5, 5.41) is 0.831. The first-order valence-corrected chi connectivity index (χ1v) is 8.63. The van der Waals surface area contributed by atoms with Crippen LogP contribution in [-0.2, 0) is 0 Å². The fraction of sp³-hybridized carbons (Fsp3) is 1.00. The molecule has 3 fully saturated rings. The number of thioether (sulfide) groups is 1. The van der Waals surface area contributed by atoms with Gasteiger partial charge in [-0.3, -0.25) is 9.80 Å². The van der Waals surface area contributed by atoms with Crippen LogP contribution in [0.4, 0.5) is 0 Å². The van der Waals surface area contributed by atoms with Crippen LogP contribution in [-0.4, -0.2) is 65.1 Å². The SMILES string of the molecule is CCC1CN(C2(CN)CCN(C3CC3)C2)CCS1. The molecule has 0 aromatic carbocycles. The molecule has 2 aliphatic heterocycles. The third kappa shape index (κ3) is 2.45. The van der Waals surface area contributed by atoms with Crippen molar-refractivity contribution in [3.8, 4) is 0 Å². The van der Waals surface area contributed by atoms with E-state index in [1.54, 1.807) is 0 Å². The molecule has 0 spiro atoms. The van der Waals surface area contributed by atoms with E-state index in [9.17, 15) is 0 Å². The van der Waals surface area contributed by atoms with Crippen molar-refractivity contribution in [2.24, 2.45) is 5.73 Å². The molecular weight excluding hydrogens is 242 g/mol. The van der Waals surface area contributed by atoms with Gasteiger partial charge >= 0.3 is 0 Å². The van der Waals surface area contributed by atoms with E-state index in [0.29, 0.717) is 5.54 Å². The third-order valence-corrected chi connectivity index (χ3v) is 6.44. The molecule has 104 valence electrons. The van der Waals surface area contributed by atoms with E-state index in [1.165, 1.54) is 57.6 Å². The summed E-state index contributed by atoms with van der Waals surface area (Å²) in [6, 6.07) is 0.902.